The molecule has 1 aromatic rings. The number of nitrogens with zero attached hydrogens (tertiary/aromatic N) is 1. The van der Waals surface area contributed by atoms with Crippen molar-refractivity contribution < 1.29 is 9.59 Å². The topological polar surface area (TPSA) is 37.4 Å². The van der Waals surface area contributed by atoms with Gasteiger partial charge in [0, 0.05) is 0 Å². The summed E-state index contributed by atoms with van der Waals surface area (Å²) in [7, 11) is 0. The zero-order valence-electron chi connectivity index (χ0n) is 12.9. The van der Waals surface area contributed by atoms with Gasteiger partial charge >= 0.3 is 0 Å². The van der Waals surface area contributed by atoms with Gasteiger partial charge in [0.1, 0.15) is 0 Å². The molecule has 2 saturated carbocycles. The van der Waals surface area contributed by atoms with Crippen molar-refractivity contribution in [2.24, 2.45) is 29.1 Å². The van der Waals surface area contributed by atoms with Crippen LogP contribution < -0.4 is 4.90 Å². The van der Waals surface area contributed by atoms with E-state index in [1.54, 1.807) is 0 Å². The summed E-state index contributed by atoms with van der Waals surface area (Å²) in [4.78, 5) is 27.6. The number of hydrogen-bond acceptors (Lipinski definition) is 2. The predicted octanol–water partition coefficient (Wildman–Crippen LogP) is 3.01. The second kappa shape index (κ2) is 3.70. The lowest BCUT2D eigenvalue weighted by molar-refractivity contribution is -0.123. The lowest BCUT2D eigenvalue weighted by Crippen LogP contribution is -2.35. The predicted molar refractivity (Wildman–Crippen MR) is 83.2 cm³/mol. The van der Waals surface area contributed by atoms with E-state index in [2.05, 4.69) is 12.2 Å². The Morgan fingerprint density at radius 3 is 2.14 bits per heavy atom. The molecule has 1 spiro atoms. The van der Waals surface area contributed by atoms with Crippen LogP contribution in [0.4, 0.5) is 5.69 Å². The third kappa shape index (κ3) is 1.25. The van der Waals surface area contributed by atoms with E-state index in [1.807, 2.05) is 32.0 Å². The number of carbonyl (C=O) groups excluding carboxylic acids is 2. The van der Waals surface area contributed by atoms with Crippen molar-refractivity contribution >= 4 is 17.5 Å². The average Bonchev–Trinajstić information content (AvgIpc) is 3.08. The van der Waals surface area contributed by atoms with Crippen molar-refractivity contribution in [2.75, 3.05) is 4.90 Å². The van der Waals surface area contributed by atoms with Gasteiger partial charge in [-0.05, 0) is 61.1 Å². The first-order valence-corrected chi connectivity index (χ1v) is 8.18. The van der Waals surface area contributed by atoms with Gasteiger partial charge in [-0.2, -0.15) is 0 Å². The minimum absolute atomic E-state index is 0.0341. The van der Waals surface area contributed by atoms with E-state index >= 15 is 0 Å². The Labute approximate surface area is 130 Å². The number of imide groups is 1. The highest BCUT2D eigenvalue weighted by atomic mass is 16.2. The van der Waals surface area contributed by atoms with Crippen molar-refractivity contribution in [3.8, 4) is 0 Å². The highest BCUT2D eigenvalue weighted by molar-refractivity contribution is 6.23. The molecule has 4 unspecified atom stereocenters. The molecular weight excluding hydrogens is 274 g/mol. The van der Waals surface area contributed by atoms with Crippen molar-refractivity contribution in [1.29, 1.82) is 0 Å². The van der Waals surface area contributed by atoms with Crippen molar-refractivity contribution in [3.05, 3.63) is 41.5 Å². The fourth-order valence-electron chi connectivity index (χ4n) is 5.28. The molecule has 4 atom stereocenters. The highest BCUT2D eigenvalue weighted by Gasteiger charge is 2.73. The van der Waals surface area contributed by atoms with Gasteiger partial charge in [0.15, 0.2) is 0 Å². The number of anilines is 1. The molecule has 112 valence electrons. The standard InChI is InChI=1S/C19H19NO2/c1-10-3-4-11(2)14(9-10)20-17(21)15-12-5-6-13(16(15)18(20)22)19(12)7-8-19/h3-6,9,12-13,15-16H,7-8H2,1-2H3. The molecule has 3 heteroatoms. The average molecular weight is 293 g/mol. The third-order valence-corrected chi connectivity index (χ3v) is 6.46. The van der Waals surface area contributed by atoms with Crippen LogP contribution in [0.15, 0.2) is 30.4 Å². The van der Waals surface area contributed by atoms with Crippen LogP contribution in [-0.2, 0) is 9.59 Å². The summed E-state index contributed by atoms with van der Waals surface area (Å²) in [6.45, 7) is 3.97. The molecule has 2 bridgehead atoms. The Kier molecular flexibility index (Phi) is 2.13. The first-order chi connectivity index (χ1) is 10.5. The van der Waals surface area contributed by atoms with Crippen molar-refractivity contribution in [3.63, 3.8) is 0 Å². The summed E-state index contributed by atoms with van der Waals surface area (Å²) in [6, 6.07) is 5.98. The second-order valence-corrected chi connectivity index (χ2v) is 7.52. The van der Waals surface area contributed by atoms with Gasteiger partial charge in [-0.1, -0.05) is 24.3 Å². The van der Waals surface area contributed by atoms with E-state index in [9.17, 15) is 9.59 Å². The lowest BCUT2D eigenvalue weighted by Gasteiger charge is -2.23. The molecule has 4 aliphatic rings. The molecule has 1 saturated heterocycles. The molecule has 3 fully saturated rings. The van der Waals surface area contributed by atoms with E-state index in [4.69, 9.17) is 0 Å². The van der Waals surface area contributed by atoms with Gasteiger partial charge < -0.3 is 0 Å². The smallest absolute Gasteiger partial charge is 0.238 e. The van der Waals surface area contributed by atoms with Crippen LogP contribution in [-0.4, -0.2) is 11.8 Å². The minimum Gasteiger partial charge on any atom is -0.274 e. The number of amides is 2. The SMILES string of the molecule is Cc1ccc(C)c(N2C(=O)C3C(C2=O)C2C=CC3C23CC3)c1. The third-order valence-electron chi connectivity index (χ3n) is 6.46. The summed E-state index contributed by atoms with van der Waals surface area (Å²) >= 11 is 0. The molecule has 0 N–H and O–H groups in total. The van der Waals surface area contributed by atoms with Gasteiger partial charge in [0.2, 0.25) is 11.8 Å². The van der Waals surface area contributed by atoms with Crippen LogP contribution in [0, 0.1) is 42.9 Å². The van der Waals surface area contributed by atoms with E-state index in [1.165, 1.54) is 17.7 Å². The summed E-state index contributed by atoms with van der Waals surface area (Å²) in [6.07, 6.45) is 6.81. The molecule has 22 heavy (non-hydrogen) atoms. The number of hydrogen-bond donors (Lipinski definition) is 0. The van der Waals surface area contributed by atoms with Crippen LogP contribution in [0.25, 0.3) is 0 Å². The summed E-state index contributed by atoms with van der Waals surface area (Å²) in [5, 5.41) is 0. The van der Waals surface area contributed by atoms with Crippen molar-refractivity contribution in [1.82, 2.24) is 0 Å². The van der Waals surface area contributed by atoms with Crippen molar-refractivity contribution in [2.45, 2.75) is 26.7 Å². The van der Waals surface area contributed by atoms with E-state index < -0.39 is 0 Å². The van der Waals surface area contributed by atoms with Crippen LogP contribution in [0.2, 0.25) is 0 Å². The Morgan fingerprint density at radius 1 is 1.00 bits per heavy atom. The molecule has 1 aromatic carbocycles. The van der Waals surface area contributed by atoms with Gasteiger partial charge in [0.05, 0.1) is 17.5 Å². The van der Waals surface area contributed by atoms with E-state index in [-0.39, 0.29) is 29.1 Å². The number of aryl methyl sites for hydroxylation is 2. The van der Waals surface area contributed by atoms with Crippen LogP contribution in [0.1, 0.15) is 24.0 Å². The molecule has 5 rings (SSSR count). The first kappa shape index (κ1) is 12.6. The molecule has 1 aliphatic heterocycles. The fourth-order valence-corrected chi connectivity index (χ4v) is 5.28. The number of carbonyl (C=O) groups is 2. The molecule has 1 heterocycles. The van der Waals surface area contributed by atoms with Crippen LogP contribution in [0.3, 0.4) is 0 Å². The Bertz CT molecular complexity index is 725. The first-order valence-electron chi connectivity index (χ1n) is 8.18. The maximum atomic E-state index is 13.0. The molecule has 3 nitrogen and oxygen atoms in total. The molecule has 2 amide bonds. The quantitative estimate of drug-likeness (QED) is 0.589. The van der Waals surface area contributed by atoms with Gasteiger partial charge in [-0.3, -0.25) is 9.59 Å². The highest BCUT2D eigenvalue weighted by Crippen LogP contribution is 2.73. The van der Waals surface area contributed by atoms with Crippen LogP contribution >= 0.6 is 0 Å². The minimum atomic E-state index is -0.107. The van der Waals surface area contributed by atoms with Gasteiger partial charge in [0.25, 0.3) is 0 Å². The second-order valence-electron chi connectivity index (χ2n) is 7.52. The maximum Gasteiger partial charge on any atom is 0.238 e. The monoisotopic (exact) mass is 293 g/mol. The Morgan fingerprint density at radius 2 is 1.59 bits per heavy atom. The number of benzene rings is 1. The number of allylic oxidation sites excluding steroid dienone is 2. The number of rotatable bonds is 1. The molecule has 0 radical (unpaired) electrons. The summed E-state index contributed by atoms with van der Waals surface area (Å²) < 4.78 is 0. The lowest BCUT2D eigenvalue weighted by atomic mass is 9.85. The Hall–Kier alpha value is -1.90. The largest absolute Gasteiger partial charge is 0.274 e. The Balaban J connectivity index is 1.61. The molecule has 3 aliphatic carbocycles. The van der Waals surface area contributed by atoms with E-state index in [0.29, 0.717) is 11.8 Å². The normalized spacial score (nSPS) is 36.5. The summed E-state index contributed by atoms with van der Waals surface area (Å²) in [5.41, 5.74) is 3.13. The maximum absolute atomic E-state index is 13.0. The number of fused-ring (bicyclic) bond motifs is 3. The molecular formula is C19H19NO2. The molecule has 0 aromatic heterocycles. The van der Waals surface area contributed by atoms with E-state index in [0.717, 1.165) is 16.8 Å². The summed E-state index contributed by atoms with van der Waals surface area (Å²) in [5.74, 6) is 0.455. The fraction of sp³-hybridized carbons (Fsp3) is 0.474. The van der Waals surface area contributed by atoms with Crippen LogP contribution in [0.5, 0.6) is 0 Å². The zero-order valence-corrected chi connectivity index (χ0v) is 12.9. The van der Waals surface area contributed by atoms with Gasteiger partial charge in [-0.25, -0.2) is 4.90 Å². The zero-order chi connectivity index (χ0) is 15.2. The van der Waals surface area contributed by atoms with Gasteiger partial charge in [-0.15, -0.1) is 0 Å².